The third-order valence-corrected chi connectivity index (χ3v) is 7.26. The zero-order valence-corrected chi connectivity index (χ0v) is 21.3. The van der Waals surface area contributed by atoms with E-state index in [-0.39, 0.29) is 5.91 Å². The number of amides is 1. The Kier molecular flexibility index (Phi) is 8.17. The van der Waals surface area contributed by atoms with Crippen molar-refractivity contribution >= 4 is 34.1 Å². The first-order valence-electron chi connectivity index (χ1n) is 12.3. The first-order chi connectivity index (χ1) is 16.5. The van der Waals surface area contributed by atoms with Gasteiger partial charge in [-0.1, -0.05) is 38.0 Å². The smallest absolute Gasteiger partial charge is 0.259 e. The highest BCUT2D eigenvalue weighted by Crippen LogP contribution is 2.39. The summed E-state index contributed by atoms with van der Waals surface area (Å²) in [6.07, 6.45) is 9.51. The van der Waals surface area contributed by atoms with Crippen molar-refractivity contribution in [3.8, 4) is 5.75 Å². The van der Waals surface area contributed by atoms with Gasteiger partial charge in [0.2, 0.25) is 0 Å². The lowest BCUT2D eigenvalue weighted by atomic mass is 9.96. The van der Waals surface area contributed by atoms with Crippen LogP contribution in [0.15, 0.2) is 47.5 Å². The average Bonchev–Trinajstić information content (AvgIpc) is 3.12. The molecule has 1 aromatic heterocycles. The molecule has 0 bridgehead atoms. The molecule has 0 saturated heterocycles. The number of ether oxygens (including phenoxy) is 1. The van der Waals surface area contributed by atoms with Crippen LogP contribution in [0.3, 0.4) is 0 Å². The number of hydrogen-bond donors (Lipinski definition) is 1. The fourth-order valence-electron chi connectivity index (χ4n) is 4.53. The number of fused-ring (bicyclic) bond motifs is 1. The van der Waals surface area contributed by atoms with Crippen molar-refractivity contribution in [2.45, 2.75) is 65.7 Å². The quantitative estimate of drug-likeness (QED) is 0.355. The molecule has 1 aliphatic carbocycles. The molecule has 0 spiro atoms. The molecule has 0 saturated carbocycles. The highest BCUT2D eigenvalue weighted by Gasteiger charge is 2.24. The Labute approximate surface area is 207 Å². The minimum Gasteiger partial charge on any atom is -0.493 e. The number of benzene rings is 2. The van der Waals surface area contributed by atoms with Crippen LogP contribution in [0.1, 0.15) is 76.5 Å². The number of anilines is 1. The summed E-state index contributed by atoms with van der Waals surface area (Å²) in [5.41, 5.74) is 5.97. The van der Waals surface area contributed by atoms with Gasteiger partial charge in [0.15, 0.2) is 0 Å². The van der Waals surface area contributed by atoms with E-state index in [1.807, 2.05) is 42.6 Å². The molecule has 1 amide bonds. The van der Waals surface area contributed by atoms with Crippen LogP contribution in [0, 0.1) is 13.8 Å². The summed E-state index contributed by atoms with van der Waals surface area (Å²) in [5, 5.41) is 3.95. The van der Waals surface area contributed by atoms with Gasteiger partial charge in [0, 0.05) is 22.3 Å². The molecule has 0 aliphatic heterocycles. The average molecular weight is 475 g/mol. The normalized spacial score (nSPS) is 13.9. The molecular formula is C29H34N2O2S. The fourth-order valence-corrected chi connectivity index (χ4v) is 5.76. The van der Waals surface area contributed by atoms with Crippen LogP contribution in [0.4, 0.5) is 10.7 Å². The maximum absolute atomic E-state index is 13.6. The van der Waals surface area contributed by atoms with E-state index < -0.39 is 0 Å². The first-order valence-corrected chi connectivity index (χ1v) is 13.2. The molecule has 34 heavy (non-hydrogen) atoms. The molecule has 4 rings (SSSR count). The van der Waals surface area contributed by atoms with Gasteiger partial charge in [-0.2, -0.15) is 0 Å². The van der Waals surface area contributed by atoms with Crippen molar-refractivity contribution in [1.29, 1.82) is 0 Å². The second-order valence-electron chi connectivity index (χ2n) is 9.07. The van der Waals surface area contributed by atoms with E-state index in [9.17, 15) is 4.79 Å². The maximum Gasteiger partial charge on any atom is 0.259 e. The number of hydrogen-bond acceptors (Lipinski definition) is 4. The fraction of sp³-hybridized carbons (Fsp3) is 0.379. The van der Waals surface area contributed by atoms with E-state index >= 15 is 0 Å². The molecule has 3 aromatic rings. The van der Waals surface area contributed by atoms with Crippen LogP contribution in [-0.2, 0) is 12.8 Å². The van der Waals surface area contributed by atoms with E-state index in [1.54, 1.807) is 11.3 Å². The second-order valence-corrected chi connectivity index (χ2v) is 10.2. The Bertz CT molecular complexity index is 1160. The topological polar surface area (TPSA) is 50.7 Å². The molecule has 4 nitrogen and oxygen atoms in total. The SMILES string of the molecule is CCCOc1ccccc1C=Nc1sc2c(c1C(=O)Nc1cc(C)cc(C)c1)CCCCCC2. The number of thiophene rings is 1. The van der Waals surface area contributed by atoms with Crippen LogP contribution in [0.2, 0.25) is 0 Å². The van der Waals surface area contributed by atoms with Gasteiger partial charge in [0.05, 0.1) is 12.2 Å². The molecule has 0 atom stereocenters. The van der Waals surface area contributed by atoms with Crippen LogP contribution < -0.4 is 10.1 Å². The van der Waals surface area contributed by atoms with Crippen molar-refractivity contribution in [2.75, 3.05) is 11.9 Å². The van der Waals surface area contributed by atoms with Gasteiger partial charge < -0.3 is 10.1 Å². The summed E-state index contributed by atoms with van der Waals surface area (Å²) < 4.78 is 5.90. The molecule has 178 valence electrons. The Morgan fingerprint density at radius 3 is 2.56 bits per heavy atom. The number of nitrogens with zero attached hydrogens (tertiary/aromatic N) is 1. The van der Waals surface area contributed by atoms with Gasteiger partial charge >= 0.3 is 0 Å². The minimum absolute atomic E-state index is 0.0641. The molecule has 2 aromatic carbocycles. The van der Waals surface area contributed by atoms with Gasteiger partial charge in [0.25, 0.3) is 5.91 Å². The predicted octanol–water partition coefficient (Wildman–Crippen LogP) is 7.82. The van der Waals surface area contributed by atoms with Crippen molar-refractivity contribution in [2.24, 2.45) is 4.99 Å². The van der Waals surface area contributed by atoms with Gasteiger partial charge in [-0.15, -0.1) is 11.3 Å². The Hall–Kier alpha value is -2.92. The molecule has 1 heterocycles. The lowest BCUT2D eigenvalue weighted by molar-refractivity contribution is 0.102. The minimum atomic E-state index is -0.0641. The second kappa shape index (κ2) is 11.5. The van der Waals surface area contributed by atoms with E-state index in [0.29, 0.717) is 6.61 Å². The number of nitrogens with one attached hydrogen (secondary N) is 1. The van der Waals surface area contributed by atoms with Gasteiger partial charge in [-0.3, -0.25) is 4.79 Å². The summed E-state index contributed by atoms with van der Waals surface area (Å²) in [5.74, 6) is 0.759. The van der Waals surface area contributed by atoms with Crippen LogP contribution >= 0.6 is 11.3 Å². The van der Waals surface area contributed by atoms with Gasteiger partial charge in [-0.05, 0) is 86.9 Å². The molecule has 0 fully saturated rings. The largest absolute Gasteiger partial charge is 0.493 e. The summed E-state index contributed by atoms with van der Waals surface area (Å²) in [7, 11) is 0. The van der Waals surface area contributed by atoms with E-state index in [4.69, 9.17) is 9.73 Å². The summed E-state index contributed by atoms with van der Waals surface area (Å²) in [6, 6.07) is 14.1. The highest BCUT2D eigenvalue weighted by atomic mass is 32.1. The first kappa shape index (κ1) is 24.2. The lowest BCUT2D eigenvalue weighted by Gasteiger charge is -2.12. The molecule has 1 aliphatic rings. The Morgan fingerprint density at radius 1 is 1.06 bits per heavy atom. The van der Waals surface area contributed by atoms with Crippen LogP contribution in [0.25, 0.3) is 0 Å². The monoisotopic (exact) mass is 474 g/mol. The molecule has 0 unspecified atom stereocenters. The van der Waals surface area contributed by atoms with Gasteiger partial charge in [0.1, 0.15) is 10.8 Å². The third kappa shape index (κ3) is 5.95. The number of aryl methyl sites for hydroxylation is 3. The number of carbonyl (C=O) groups is 1. The zero-order chi connectivity index (χ0) is 23.9. The van der Waals surface area contributed by atoms with E-state index in [2.05, 4.69) is 32.2 Å². The maximum atomic E-state index is 13.6. The van der Waals surface area contributed by atoms with Crippen molar-refractivity contribution < 1.29 is 9.53 Å². The predicted molar refractivity (Wildman–Crippen MR) is 144 cm³/mol. The number of aliphatic imine (C=N–C) groups is 1. The van der Waals surface area contributed by atoms with E-state index in [0.717, 1.165) is 64.4 Å². The molecule has 5 heteroatoms. The number of para-hydroxylation sites is 1. The lowest BCUT2D eigenvalue weighted by Crippen LogP contribution is -2.14. The van der Waals surface area contributed by atoms with Crippen LogP contribution in [0.5, 0.6) is 5.75 Å². The summed E-state index contributed by atoms with van der Waals surface area (Å²) in [4.78, 5) is 19.8. The standard InChI is InChI=1S/C29H34N2O2S/c1-4-15-33-25-13-10-9-11-22(25)19-30-29-27(24-12-7-5-6-8-14-26(24)34-29)28(32)31-23-17-20(2)16-21(3)18-23/h9-11,13,16-19H,4-8,12,14-15H2,1-3H3,(H,31,32). The Morgan fingerprint density at radius 2 is 1.79 bits per heavy atom. The van der Waals surface area contributed by atoms with Crippen molar-refractivity contribution in [3.05, 3.63) is 75.2 Å². The van der Waals surface area contributed by atoms with Gasteiger partial charge in [-0.25, -0.2) is 4.99 Å². The molecule has 0 radical (unpaired) electrons. The number of rotatable bonds is 7. The Balaban J connectivity index is 1.70. The highest BCUT2D eigenvalue weighted by molar-refractivity contribution is 7.16. The van der Waals surface area contributed by atoms with Crippen molar-refractivity contribution in [3.63, 3.8) is 0 Å². The zero-order valence-electron chi connectivity index (χ0n) is 20.4. The van der Waals surface area contributed by atoms with Crippen molar-refractivity contribution in [1.82, 2.24) is 0 Å². The van der Waals surface area contributed by atoms with E-state index in [1.165, 1.54) is 29.7 Å². The summed E-state index contributed by atoms with van der Waals surface area (Å²) >= 11 is 1.67. The van der Waals surface area contributed by atoms with Crippen LogP contribution in [-0.4, -0.2) is 18.7 Å². The summed E-state index contributed by atoms with van der Waals surface area (Å²) in [6.45, 7) is 6.87. The number of carbonyl (C=O) groups excluding carboxylic acids is 1. The molecular weight excluding hydrogens is 440 g/mol. The third-order valence-electron chi connectivity index (χ3n) is 6.06. The molecule has 1 N–H and O–H groups in total.